The summed E-state index contributed by atoms with van der Waals surface area (Å²) in [5.41, 5.74) is 0.455. The zero-order chi connectivity index (χ0) is 10.9. The van der Waals surface area contributed by atoms with Crippen LogP contribution in [0.5, 0.6) is 0 Å². The molecule has 88 valence electrons. The van der Waals surface area contributed by atoms with Crippen molar-refractivity contribution in [1.29, 1.82) is 0 Å². The van der Waals surface area contributed by atoms with Crippen LogP contribution in [0.3, 0.4) is 0 Å². The number of rotatable bonds is 2. The van der Waals surface area contributed by atoms with E-state index in [1.165, 1.54) is 51.7 Å². The van der Waals surface area contributed by atoms with Gasteiger partial charge >= 0.3 is 0 Å². The van der Waals surface area contributed by atoms with Crippen LogP contribution in [0.2, 0.25) is 0 Å². The van der Waals surface area contributed by atoms with E-state index in [9.17, 15) is 0 Å². The fraction of sp³-hybridized carbons (Fsp3) is 1.00. The zero-order valence-corrected chi connectivity index (χ0v) is 11.7. The number of hydrogen-bond donors (Lipinski definition) is 0. The fourth-order valence-corrected chi connectivity index (χ4v) is 3.50. The quantitative estimate of drug-likeness (QED) is 0.694. The SMILES string of the molecule is CC1(C)CN(CC2CCCC2)CCC1Br. The van der Waals surface area contributed by atoms with Gasteiger partial charge < -0.3 is 4.90 Å². The number of alkyl halides is 1. The molecular formula is C13H24BrN. The highest BCUT2D eigenvalue weighted by atomic mass is 79.9. The summed E-state index contributed by atoms with van der Waals surface area (Å²) in [6.07, 6.45) is 7.23. The van der Waals surface area contributed by atoms with Gasteiger partial charge in [-0.1, -0.05) is 42.6 Å². The van der Waals surface area contributed by atoms with E-state index in [0.717, 1.165) is 5.92 Å². The minimum absolute atomic E-state index is 0.455. The maximum absolute atomic E-state index is 3.82. The van der Waals surface area contributed by atoms with Crippen LogP contribution in [0.1, 0.15) is 46.0 Å². The first-order valence-electron chi connectivity index (χ1n) is 6.44. The Hall–Kier alpha value is 0.440. The Morgan fingerprint density at radius 2 is 1.87 bits per heavy atom. The van der Waals surface area contributed by atoms with E-state index in [4.69, 9.17) is 0 Å². The summed E-state index contributed by atoms with van der Waals surface area (Å²) in [5, 5.41) is 0. The van der Waals surface area contributed by atoms with Crippen molar-refractivity contribution in [3.8, 4) is 0 Å². The lowest BCUT2D eigenvalue weighted by molar-refractivity contribution is 0.111. The van der Waals surface area contributed by atoms with E-state index in [1.54, 1.807) is 0 Å². The van der Waals surface area contributed by atoms with E-state index < -0.39 is 0 Å². The molecule has 0 aromatic heterocycles. The van der Waals surface area contributed by atoms with Crippen molar-refractivity contribution < 1.29 is 0 Å². The molecular weight excluding hydrogens is 250 g/mol. The summed E-state index contributed by atoms with van der Waals surface area (Å²) in [6.45, 7) is 8.73. The fourth-order valence-electron chi connectivity index (χ4n) is 3.16. The zero-order valence-electron chi connectivity index (χ0n) is 10.1. The average molecular weight is 274 g/mol. The van der Waals surface area contributed by atoms with Crippen LogP contribution in [0.15, 0.2) is 0 Å². The molecule has 0 amide bonds. The molecule has 2 rings (SSSR count). The first-order valence-corrected chi connectivity index (χ1v) is 7.36. The summed E-state index contributed by atoms with van der Waals surface area (Å²) in [6, 6.07) is 0. The predicted octanol–water partition coefficient (Wildman–Crippen LogP) is 3.67. The molecule has 1 saturated carbocycles. The molecule has 1 nitrogen and oxygen atoms in total. The van der Waals surface area contributed by atoms with Crippen molar-refractivity contribution in [2.75, 3.05) is 19.6 Å². The van der Waals surface area contributed by atoms with Crippen molar-refractivity contribution in [3.63, 3.8) is 0 Å². The standard InChI is InChI=1S/C13H24BrN/c1-13(2)10-15(8-7-12(13)14)9-11-5-3-4-6-11/h11-12H,3-10H2,1-2H3. The van der Waals surface area contributed by atoms with Crippen LogP contribution in [0.25, 0.3) is 0 Å². The lowest BCUT2D eigenvalue weighted by atomic mass is 9.83. The second-order valence-corrected chi connectivity index (χ2v) is 7.24. The maximum atomic E-state index is 3.82. The molecule has 2 aliphatic rings. The highest BCUT2D eigenvalue weighted by molar-refractivity contribution is 9.09. The Morgan fingerprint density at radius 1 is 1.20 bits per heavy atom. The first kappa shape index (κ1) is 11.9. The predicted molar refractivity (Wildman–Crippen MR) is 69.5 cm³/mol. The molecule has 2 heteroatoms. The molecule has 0 N–H and O–H groups in total. The monoisotopic (exact) mass is 273 g/mol. The molecule has 0 spiro atoms. The van der Waals surface area contributed by atoms with Crippen LogP contribution in [0.4, 0.5) is 0 Å². The molecule has 1 unspecified atom stereocenters. The van der Waals surface area contributed by atoms with Crippen LogP contribution in [-0.4, -0.2) is 29.4 Å². The van der Waals surface area contributed by atoms with Crippen molar-refractivity contribution in [1.82, 2.24) is 4.90 Å². The lowest BCUT2D eigenvalue weighted by Gasteiger charge is -2.42. The number of hydrogen-bond acceptors (Lipinski definition) is 1. The molecule has 0 aromatic carbocycles. The van der Waals surface area contributed by atoms with Gasteiger partial charge in [0.25, 0.3) is 0 Å². The molecule has 1 aliphatic carbocycles. The molecule has 1 heterocycles. The van der Waals surface area contributed by atoms with Gasteiger partial charge in [0.15, 0.2) is 0 Å². The van der Waals surface area contributed by atoms with E-state index in [2.05, 4.69) is 34.7 Å². The van der Waals surface area contributed by atoms with E-state index in [0.29, 0.717) is 10.2 Å². The normalized spacial score (nSPS) is 33.4. The van der Waals surface area contributed by atoms with Gasteiger partial charge in [0.1, 0.15) is 0 Å². The van der Waals surface area contributed by atoms with Gasteiger partial charge in [0.05, 0.1) is 0 Å². The summed E-state index contributed by atoms with van der Waals surface area (Å²) in [7, 11) is 0. The van der Waals surface area contributed by atoms with Crippen LogP contribution < -0.4 is 0 Å². The third-order valence-corrected chi connectivity index (χ3v) is 5.87. The van der Waals surface area contributed by atoms with Crippen molar-refractivity contribution in [3.05, 3.63) is 0 Å². The Labute approximate surface area is 103 Å². The van der Waals surface area contributed by atoms with Crippen LogP contribution in [-0.2, 0) is 0 Å². The largest absolute Gasteiger partial charge is 0.302 e. The number of halogens is 1. The molecule has 15 heavy (non-hydrogen) atoms. The second kappa shape index (κ2) is 4.75. The van der Waals surface area contributed by atoms with Crippen molar-refractivity contribution in [2.24, 2.45) is 11.3 Å². The molecule has 0 bridgehead atoms. The Bertz CT molecular complexity index is 209. The van der Waals surface area contributed by atoms with Gasteiger partial charge in [-0.05, 0) is 37.1 Å². The van der Waals surface area contributed by atoms with Crippen molar-refractivity contribution in [2.45, 2.75) is 50.8 Å². The Kier molecular flexibility index (Phi) is 3.77. The molecule has 1 saturated heterocycles. The van der Waals surface area contributed by atoms with Crippen LogP contribution >= 0.6 is 15.9 Å². The molecule has 0 aromatic rings. The topological polar surface area (TPSA) is 3.24 Å². The molecule has 1 aliphatic heterocycles. The molecule has 0 radical (unpaired) electrons. The summed E-state index contributed by atoms with van der Waals surface area (Å²) in [4.78, 5) is 3.41. The highest BCUT2D eigenvalue weighted by Gasteiger charge is 2.34. The lowest BCUT2D eigenvalue weighted by Crippen LogP contribution is -2.47. The van der Waals surface area contributed by atoms with E-state index in [1.807, 2.05) is 0 Å². The molecule has 2 fully saturated rings. The van der Waals surface area contributed by atoms with E-state index in [-0.39, 0.29) is 0 Å². The van der Waals surface area contributed by atoms with Gasteiger partial charge in [-0.15, -0.1) is 0 Å². The van der Waals surface area contributed by atoms with Gasteiger partial charge in [-0.25, -0.2) is 0 Å². The van der Waals surface area contributed by atoms with Crippen molar-refractivity contribution >= 4 is 15.9 Å². The third kappa shape index (κ3) is 2.97. The smallest absolute Gasteiger partial charge is 0.0221 e. The second-order valence-electron chi connectivity index (χ2n) is 6.13. The summed E-state index contributed by atoms with van der Waals surface area (Å²) in [5.74, 6) is 1.01. The first-order chi connectivity index (χ1) is 7.08. The maximum Gasteiger partial charge on any atom is 0.0221 e. The highest BCUT2D eigenvalue weighted by Crippen LogP contribution is 2.35. The minimum atomic E-state index is 0.455. The summed E-state index contributed by atoms with van der Waals surface area (Å²) >= 11 is 3.82. The Morgan fingerprint density at radius 3 is 2.47 bits per heavy atom. The van der Waals surface area contributed by atoms with Gasteiger partial charge in [0, 0.05) is 17.9 Å². The molecule has 1 atom stereocenters. The minimum Gasteiger partial charge on any atom is -0.302 e. The Balaban J connectivity index is 1.83. The van der Waals surface area contributed by atoms with Gasteiger partial charge in [-0.2, -0.15) is 0 Å². The number of piperidine rings is 1. The number of nitrogens with zero attached hydrogens (tertiary/aromatic N) is 1. The average Bonchev–Trinajstić information content (AvgIpc) is 2.63. The third-order valence-electron chi connectivity index (χ3n) is 4.17. The van der Waals surface area contributed by atoms with Gasteiger partial charge in [0.2, 0.25) is 0 Å². The number of likely N-dealkylation sites (tertiary alicyclic amines) is 1. The van der Waals surface area contributed by atoms with Gasteiger partial charge in [-0.3, -0.25) is 0 Å². The van der Waals surface area contributed by atoms with E-state index >= 15 is 0 Å². The van der Waals surface area contributed by atoms with Crippen LogP contribution in [0, 0.1) is 11.3 Å². The summed E-state index contributed by atoms with van der Waals surface area (Å²) < 4.78 is 0.